The Morgan fingerprint density at radius 3 is 2.23 bits per heavy atom. The number of hydrogen-bond acceptors (Lipinski definition) is 8. The van der Waals surface area contributed by atoms with Crippen molar-refractivity contribution in [1.29, 1.82) is 0 Å². The predicted molar refractivity (Wildman–Crippen MR) is 163 cm³/mol. The molecule has 1 aliphatic rings. The number of carboxylic acids is 1. The van der Waals surface area contributed by atoms with E-state index >= 15 is 0 Å². The first-order valence-electron chi connectivity index (χ1n) is 13.8. The fraction of sp³-hybridized carbons (Fsp3) is 0.323. The minimum atomic E-state index is -3.98. The molecule has 0 saturated carbocycles. The molecule has 44 heavy (non-hydrogen) atoms. The highest BCUT2D eigenvalue weighted by Gasteiger charge is 2.52. The summed E-state index contributed by atoms with van der Waals surface area (Å²) in [6, 6.07) is 21.1. The number of alkyl carbamates (subject to hydrolysis) is 1. The number of sulfonamides is 1. The molecule has 0 spiro atoms. The van der Waals surface area contributed by atoms with Gasteiger partial charge in [-0.3, -0.25) is 4.79 Å². The predicted octanol–water partition coefficient (Wildman–Crippen LogP) is 4.70. The number of hydrogen-bond donors (Lipinski definition) is 2. The SMILES string of the molecule is CC(OC(=O)N[C@@H](Cc1cccc(S(=O)(=O)N2CC(Oc3ccc(Br)cc3)(c3ccccc3)C2)c1)C(=O)O)OC(=O)C(C)C. The quantitative estimate of drug-likeness (QED) is 0.204. The number of rotatable bonds is 12. The van der Waals surface area contributed by atoms with E-state index in [0.717, 1.165) is 10.0 Å². The maximum atomic E-state index is 13.7. The number of benzene rings is 3. The summed E-state index contributed by atoms with van der Waals surface area (Å²) in [4.78, 5) is 35.9. The molecule has 1 aliphatic heterocycles. The van der Waals surface area contributed by atoms with E-state index in [1.807, 2.05) is 42.5 Å². The molecule has 13 heteroatoms. The lowest BCUT2D eigenvalue weighted by Crippen LogP contribution is -2.64. The third-order valence-corrected chi connectivity index (χ3v) is 9.20. The smallest absolute Gasteiger partial charge is 0.410 e. The number of halogens is 1. The summed E-state index contributed by atoms with van der Waals surface area (Å²) in [7, 11) is -3.98. The number of carbonyl (C=O) groups is 3. The van der Waals surface area contributed by atoms with Gasteiger partial charge in [0, 0.05) is 17.8 Å². The number of nitrogens with one attached hydrogen (secondary N) is 1. The zero-order valence-electron chi connectivity index (χ0n) is 24.3. The number of carboxylic acid groups (broad SMARTS) is 1. The molecule has 0 bridgehead atoms. The van der Waals surface area contributed by atoms with Crippen LogP contribution in [-0.2, 0) is 41.1 Å². The van der Waals surface area contributed by atoms with Crippen LogP contribution in [0.1, 0.15) is 31.9 Å². The molecule has 2 atom stereocenters. The van der Waals surface area contributed by atoms with Crippen LogP contribution < -0.4 is 10.1 Å². The molecule has 1 fully saturated rings. The normalized spacial score (nSPS) is 15.8. The first-order chi connectivity index (χ1) is 20.8. The first kappa shape index (κ1) is 33.0. The lowest BCUT2D eigenvalue weighted by molar-refractivity contribution is -0.169. The third-order valence-electron chi connectivity index (χ3n) is 6.88. The fourth-order valence-electron chi connectivity index (χ4n) is 4.54. The summed E-state index contributed by atoms with van der Waals surface area (Å²) in [5, 5.41) is 11.9. The van der Waals surface area contributed by atoms with Crippen LogP contribution in [0, 0.1) is 5.92 Å². The molecule has 3 aromatic carbocycles. The van der Waals surface area contributed by atoms with Crippen LogP contribution in [0.2, 0.25) is 0 Å². The molecule has 1 unspecified atom stereocenters. The van der Waals surface area contributed by atoms with Crippen molar-refractivity contribution in [2.75, 3.05) is 13.1 Å². The van der Waals surface area contributed by atoms with Gasteiger partial charge in [0.1, 0.15) is 11.8 Å². The van der Waals surface area contributed by atoms with Gasteiger partial charge in [-0.25, -0.2) is 18.0 Å². The van der Waals surface area contributed by atoms with E-state index in [1.54, 1.807) is 32.0 Å². The largest absolute Gasteiger partial charge is 0.480 e. The van der Waals surface area contributed by atoms with Gasteiger partial charge in [0.2, 0.25) is 16.3 Å². The highest BCUT2D eigenvalue weighted by molar-refractivity contribution is 9.10. The molecule has 4 rings (SSSR count). The van der Waals surface area contributed by atoms with E-state index in [2.05, 4.69) is 21.2 Å². The van der Waals surface area contributed by atoms with Gasteiger partial charge < -0.3 is 24.6 Å². The minimum Gasteiger partial charge on any atom is -0.480 e. The summed E-state index contributed by atoms with van der Waals surface area (Å²) < 4.78 is 45.8. The van der Waals surface area contributed by atoms with Crippen molar-refractivity contribution in [1.82, 2.24) is 9.62 Å². The summed E-state index contributed by atoms with van der Waals surface area (Å²) >= 11 is 3.41. The number of amides is 1. The van der Waals surface area contributed by atoms with Crippen LogP contribution >= 0.6 is 15.9 Å². The maximum Gasteiger partial charge on any atom is 0.410 e. The molecule has 0 aromatic heterocycles. The Balaban J connectivity index is 1.46. The number of aliphatic carboxylic acids is 1. The van der Waals surface area contributed by atoms with Gasteiger partial charge in [-0.2, -0.15) is 4.31 Å². The van der Waals surface area contributed by atoms with E-state index in [9.17, 15) is 27.9 Å². The Hall–Kier alpha value is -3.94. The zero-order chi connectivity index (χ0) is 32.1. The van der Waals surface area contributed by atoms with Gasteiger partial charge in [0.05, 0.1) is 23.9 Å². The van der Waals surface area contributed by atoms with Crippen molar-refractivity contribution >= 4 is 44.0 Å². The van der Waals surface area contributed by atoms with Gasteiger partial charge in [-0.1, -0.05) is 72.2 Å². The number of nitrogens with zero attached hydrogens (tertiary/aromatic N) is 1. The fourth-order valence-corrected chi connectivity index (χ4v) is 6.41. The molecule has 1 amide bonds. The molecule has 234 valence electrons. The van der Waals surface area contributed by atoms with Gasteiger partial charge in [-0.15, -0.1) is 0 Å². The standard InChI is InChI=1S/C31H33BrN2O9S/c1-20(2)29(37)41-21(3)42-30(38)33-27(28(35)36)17-22-8-7-11-26(16-22)44(39,40)34-18-31(19-34,23-9-5-4-6-10-23)43-25-14-12-24(32)13-15-25/h4-16,20-21,27H,17-19H2,1-3H3,(H,33,38)(H,35,36)/t21?,27-/m0/s1. The Labute approximate surface area is 264 Å². The molecule has 3 aromatic rings. The average Bonchev–Trinajstić information content (AvgIpc) is 2.95. The third kappa shape index (κ3) is 7.96. The summed E-state index contributed by atoms with van der Waals surface area (Å²) in [6.07, 6.45) is -2.57. The van der Waals surface area contributed by atoms with Crippen molar-refractivity contribution in [3.05, 3.63) is 94.5 Å². The van der Waals surface area contributed by atoms with E-state index in [1.165, 1.54) is 29.4 Å². The van der Waals surface area contributed by atoms with Crippen molar-refractivity contribution in [2.24, 2.45) is 5.92 Å². The first-order valence-corrected chi connectivity index (χ1v) is 16.0. The van der Waals surface area contributed by atoms with Crippen LogP contribution in [0.4, 0.5) is 4.79 Å². The highest BCUT2D eigenvalue weighted by atomic mass is 79.9. The second-order valence-corrected chi connectivity index (χ2v) is 13.5. The lowest BCUT2D eigenvalue weighted by atomic mass is 9.87. The van der Waals surface area contributed by atoms with E-state index < -0.39 is 51.9 Å². The van der Waals surface area contributed by atoms with Crippen LogP contribution in [0.3, 0.4) is 0 Å². The second-order valence-electron chi connectivity index (χ2n) is 10.6. The summed E-state index contributed by atoms with van der Waals surface area (Å²) in [5.74, 6) is -1.79. The Bertz CT molecular complexity index is 1590. The van der Waals surface area contributed by atoms with Gasteiger partial charge >= 0.3 is 18.0 Å². The number of carbonyl (C=O) groups excluding carboxylic acids is 2. The van der Waals surface area contributed by atoms with Crippen molar-refractivity contribution in [3.63, 3.8) is 0 Å². The molecule has 0 aliphatic carbocycles. The average molecular weight is 690 g/mol. The van der Waals surface area contributed by atoms with Crippen LogP contribution in [-0.4, -0.2) is 61.3 Å². The Morgan fingerprint density at radius 2 is 1.61 bits per heavy atom. The van der Waals surface area contributed by atoms with Crippen molar-refractivity contribution in [2.45, 2.75) is 50.0 Å². The number of ether oxygens (including phenoxy) is 3. The molecule has 1 heterocycles. The Morgan fingerprint density at radius 1 is 0.955 bits per heavy atom. The molecule has 0 radical (unpaired) electrons. The number of esters is 1. The molecular weight excluding hydrogens is 656 g/mol. The van der Waals surface area contributed by atoms with Gasteiger partial charge in [0.15, 0.2) is 5.60 Å². The molecular formula is C31H33BrN2O9S. The van der Waals surface area contributed by atoms with Crippen molar-refractivity contribution in [3.8, 4) is 5.75 Å². The molecule has 1 saturated heterocycles. The second kappa shape index (κ2) is 13.8. The Kier molecular flexibility index (Phi) is 10.3. The highest BCUT2D eigenvalue weighted by Crippen LogP contribution is 2.40. The summed E-state index contributed by atoms with van der Waals surface area (Å²) in [5.41, 5.74) is 0.289. The van der Waals surface area contributed by atoms with Crippen molar-refractivity contribution < 1.29 is 42.1 Å². The monoisotopic (exact) mass is 688 g/mol. The van der Waals surface area contributed by atoms with Crippen LogP contribution in [0.25, 0.3) is 0 Å². The topological polar surface area (TPSA) is 149 Å². The minimum absolute atomic E-state index is 0.0266. The molecule has 11 nitrogen and oxygen atoms in total. The zero-order valence-corrected chi connectivity index (χ0v) is 26.7. The summed E-state index contributed by atoms with van der Waals surface area (Å²) in [6.45, 7) is 4.68. The van der Waals surface area contributed by atoms with Gasteiger partial charge in [-0.05, 0) is 47.5 Å². The lowest BCUT2D eigenvalue weighted by Gasteiger charge is -2.48. The van der Waals surface area contributed by atoms with Gasteiger partial charge in [0.25, 0.3) is 0 Å². The molecule has 2 N–H and O–H groups in total. The van der Waals surface area contributed by atoms with E-state index in [4.69, 9.17) is 14.2 Å². The van der Waals surface area contributed by atoms with Crippen LogP contribution in [0.5, 0.6) is 5.75 Å². The maximum absolute atomic E-state index is 13.7. The van der Waals surface area contributed by atoms with E-state index in [-0.39, 0.29) is 24.4 Å². The van der Waals surface area contributed by atoms with Crippen LogP contribution in [0.15, 0.2) is 88.2 Å². The van der Waals surface area contributed by atoms with E-state index in [0.29, 0.717) is 11.3 Å².